The summed E-state index contributed by atoms with van der Waals surface area (Å²) in [5.74, 6) is -0.313. The van der Waals surface area contributed by atoms with Crippen molar-refractivity contribution in [1.29, 1.82) is 5.26 Å². The van der Waals surface area contributed by atoms with Gasteiger partial charge < -0.3 is 5.32 Å². The van der Waals surface area contributed by atoms with E-state index in [0.29, 0.717) is 28.6 Å². The van der Waals surface area contributed by atoms with Crippen LogP contribution >= 0.6 is 0 Å². The normalized spacial score (nSPS) is 13.4. The van der Waals surface area contributed by atoms with Crippen LogP contribution in [0.1, 0.15) is 46.1 Å². The second kappa shape index (κ2) is 6.81. The lowest BCUT2D eigenvalue weighted by molar-refractivity contribution is 0.102. The molecule has 1 saturated carbocycles. The Kier molecular flexibility index (Phi) is 4.10. The summed E-state index contributed by atoms with van der Waals surface area (Å²) in [6, 6.07) is 8.24. The minimum Gasteiger partial charge on any atom is -0.321 e. The summed E-state index contributed by atoms with van der Waals surface area (Å²) < 4.78 is 3.81. The Morgan fingerprint density at radius 1 is 1.17 bits per heavy atom. The molecule has 0 atom stereocenters. The van der Waals surface area contributed by atoms with Gasteiger partial charge >= 0.3 is 0 Å². The zero-order valence-electron chi connectivity index (χ0n) is 16.6. The van der Waals surface area contributed by atoms with E-state index < -0.39 is 0 Å². The number of aromatic nitrogens is 5. The summed E-state index contributed by atoms with van der Waals surface area (Å²) in [4.78, 5) is 17.0. The fraction of sp³-hybridized carbons (Fsp3) is 0.227. The van der Waals surface area contributed by atoms with Gasteiger partial charge in [-0.15, -0.1) is 0 Å². The minimum atomic E-state index is -0.313. The Morgan fingerprint density at radius 2 is 2.00 bits per heavy atom. The summed E-state index contributed by atoms with van der Waals surface area (Å²) in [5, 5.41) is 21.9. The van der Waals surface area contributed by atoms with Gasteiger partial charge in [-0.05, 0) is 56.0 Å². The molecule has 0 spiro atoms. The molecule has 8 heteroatoms. The van der Waals surface area contributed by atoms with Crippen molar-refractivity contribution in [3.05, 3.63) is 65.4 Å². The molecule has 1 aromatic carbocycles. The van der Waals surface area contributed by atoms with Crippen LogP contribution in [-0.4, -0.2) is 30.5 Å². The first-order chi connectivity index (χ1) is 14.5. The van der Waals surface area contributed by atoms with Gasteiger partial charge in [-0.3, -0.25) is 9.48 Å². The summed E-state index contributed by atoms with van der Waals surface area (Å²) >= 11 is 0. The van der Waals surface area contributed by atoms with E-state index in [-0.39, 0.29) is 5.91 Å². The summed E-state index contributed by atoms with van der Waals surface area (Å²) in [6.45, 7) is 3.62. The van der Waals surface area contributed by atoms with Crippen LogP contribution in [0.4, 0.5) is 5.69 Å². The highest BCUT2D eigenvalue weighted by molar-refractivity contribution is 6.05. The predicted octanol–water partition coefficient (Wildman–Crippen LogP) is 3.69. The molecule has 0 unspecified atom stereocenters. The molecule has 1 aliphatic carbocycles. The number of amides is 1. The van der Waals surface area contributed by atoms with Crippen LogP contribution in [-0.2, 0) is 0 Å². The smallest absolute Gasteiger partial charge is 0.274 e. The molecule has 4 aromatic rings. The Hall–Kier alpha value is -3.99. The maximum atomic E-state index is 12.8. The van der Waals surface area contributed by atoms with E-state index in [1.807, 2.05) is 46.9 Å². The molecule has 8 nitrogen and oxygen atoms in total. The maximum absolute atomic E-state index is 12.8. The number of pyridine rings is 1. The van der Waals surface area contributed by atoms with E-state index in [4.69, 9.17) is 5.26 Å². The number of anilines is 1. The second-order valence-electron chi connectivity index (χ2n) is 7.58. The van der Waals surface area contributed by atoms with Gasteiger partial charge in [0.05, 0.1) is 35.7 Å². The summed E-state index contributed by atoms with van der Waals surface area (Å²) in [5.41, 5.74) is 4.66. The first-order valence-electron chi connectivity index (χ1n) is 9.75. The van der Waals surface area contributed by atoms with E-state index in [0.717, 1.165) is 22.2 Å². The molecular weight excluding hydrogens is 378 g/mol. The Balaban J connectivity index is 1.46. The van der Waals surface area contributed by atoms with E-state index in [2.05, 4.69) is 26.6 Å². The highest BCUT2D eigenvalue weighted by atomic mass is 16.1. The number of nitrogens with one attached hydrogen (secondary N) is 1. The van der Waals surface area contributed by atoms with Crippen molar-refractivity contribution in [3.8, 4) is 11.8 Å². The van der Waals surface area contributed by atoms with Crippen molar-refractivity contribution in [2.45, 2.75) is 32.7 Å². The average Bonchev–Trinajstić information content (AvgIpc) is 3.33. The number of nitrogens with zero attached hydrogens (tertiary/aromatic N) is 6. The van der Waals surface area contributed by atoms with Gasteiger partial charge in [-0.2, -0.15) is 15.5 Å². The van der Waals surface area contributed by atoms with Gasteiger partial charge in [-0.25, -0.2) is 9.67 Å². The number of benzene rings is 1. The maximum Gasteiger partial charge on any atom is 0.274 e. The van der Waals surface area contributed by atoms with Gasteiger partial charge in [0.15, 0.2) is 0 Å². The average molecular weight is 397 g/mol. The summed E-state index contributed by atoms with van der Waals surface area (Å²) in [7, 11) is 0. The Bertz CT molecular complexity index is 1340. The molecule has 0 radical (unpaired) electrons. The number of carbonyl (C=O) groups excluding carboxylic acids is 1. The third-order valence-corrected chi connectivity index (χ3v) is 5.56. The SMILES string of the molecule is Cc1c(C#N)cnc(C(=O)Nc2ccc3cnn(-c4cnn(C5CC5)c4)c3c2)c1C. The van der Waals surface area contributed by atoms with E-state index in [9.17, 15) is 4.79 Å². The molecule has 30 heavy (non-hydrogen) atoms. The summed E-state index contributed by atoms with van der Waals surface area (Å²) in [6.07, 6.45) is 9.38. The zero-order chi connectivity index (χ0) is 20.8. The van der Waals surface area contributed by atoms with Crippen molar-refractivity contribution in [3.63, 3.8) is 0 Å². The molecule has 3 heterocycles. The van der Waals surface area contributed by atoms with Crippen molar-refractivity contribution in [1.82, 2.24) is 24.5 Å². The number of hydrogen-bond acceptors (Lipinski definition) is 5. The van der Waals surface area contributed by atoms with Crippen LogP contribution < -0.4 is 5.32 Å². The van der Waals surface area contributed by atoms with Crippen LogP contribution in [0.25, 0.3) is 16.6 Å². The van der Waals surface area contributed by atoms with Gasteiger partial charge in [0.1, 0.15) is 17.5 Å². The lowest BCUT2D eigenvalue weighted by Gasteiger charge is -2.10. The van der Waals surface area contributed by atoms with Gasteiger partial charge in [0, 0.05) is 17.3 Å². The standard InChI is InChI=1S/C22H19N7O/c1-13-14(2)21(24-9-16(13)8-23)22(30)27-17-4-3-15-10-26-29(20(15)7-17)19-11-25-28(12-19)18-5-6-18/h3-4,7,9-12,18H,5-6H2,1-2H3,(H,27,30). The van der Waals surface area contributed by atoms with Crippen molar-refractivity contribution in [2.75, 3.05) is 5.32 Å². The Labute approximate surface area is 172 Å². The van der Waals surface area contributed by atoms with E-state index >= 15 is 0 Å². The molecular formula is C22H19N7O. The fourth-order valence-corrected chi connectivity index (χ4v) is 3.51. The first kappa shape index (κ1) is 18.1. The van der Waals surface area contributed by atoms with Crippen LogP contribution in [0.5, 0.6) is 0 Å². The van der Waals surface area contributed by atoms with Crippen LogP contribution in [0.15, 0.2) is 43.0 Å². The largest absolute Gasteiger partial charge is 0.321 e. The number of hydrogen-bond donors (Lipinski definition) is 1. The topological polar surface area (TPSA) is 101 Å². The molecule has 1 amide bonds. The van der Waals surface area contributed by atoms with Crippen LogP contribution in [0.2, 0.25) is 0 Å². The molecule has 1 aliphatic rings. The lowest BCUT2D eigenvalue weighted by atomic mass is 10.0. The van der Waals surface area contributed by atoms with Gasteiger partial charge in [0.2, 0.25) is 0 Å². The van der Waals surface area contributed by atoms with Gasteiger partial charge in [-0.1, -0.05) is 0 Å². The Morgan fingerprint density at radius 3 is 2.77 bits per heavy atom. The molecule has 1 N–H and O–H groups in total. The molecule has 0 bridgehead atoms. The van der Waals surface area contributed by atoms with Gasteiger partial charge in [0.25, 0.3) is 5.91 Å². The third kappa shape index (κ3) is 3.01. The fourth-order valence-electron chi connectivity index (χ4n) is 3.51. The number of fused-ring (bicyclic) bond motifs is 1. The monoisotopic (exact) mass is 397 g/mol. The van der Waals surface area contributed by atoms with Crippen molar-refractivity contribution < 1.29 is 4.79 Å². The molecule has 148 valence electrons. The number of nitriles is 1. The zero-order valence-corrected chi connectivity index (χ0v) is 16.6. The lowest BCUT2D eigenvalue weighted by Crippen LogP contribution is -2.16. The van der Waals surface area contributed by atoms with Crippen molar-refractivity contribution in [2.24, 2.45) is 0 Å². The molecule has 3 aromatic heterocycles. The minimum absolute atomic E-state index is 0.311. The highest BCUT2D eigenvalue weighted by Gasteiger charge is 2.24. The molecule has 1 fully saturated rings. The van der Waals surface area contributed by atoms with E-state index in [1.165, 1.54) is 19.0 Å². The van der Waals surface area contributed by atoms with E-state index in [1.54, 1.807) is 13.1 Å². The predicted molar refractivity (Wildman–Crippen MR) is 112 cm³/mol. The molecule has 0 aliphatic heterocycles. The van der Waals surface area contributed by atoms with Crippen LogP contribution in [0, 0.1) is 25.2 Å². The highest BCUT2D eigenvalue weighted by Crippen LogP contribution is 2.34. The molecule has 5 rings (SSSR count). The van der Waals surface area contributed by atoms with Crippen molar-refractivity contribution >= 4 is 22.5 Å². The van der Waals surface area contributed by atoms with Crippen LogP contribution in [0.3, 0.4) is 0 Å². The number of rotatable bonds is 4. The quantitative estimate of drug-likeness (QED) is 0.566. The first-order valence-corrected chi connectivity index (χ1v) is 9.75. The second-order valence-corrected chi connectivity index (χ2v) is 7.58. The molecule has 0 saturated heterocycles. The third-order valence-electron chi connectivity index (χ3n) is 5.56. The number of carbonyl (C=O) groups is 1.